The average molecular weight is 414 g/mol. The average Bonchev–Trinajstić information content (AvgIpc) is 3.27. The predicted molar refractivity (Wildman–Crippen MR) is 108 cm³/mol. The van der Waals surface area contributed by atoms with Crippen LogP contribution >= 0.6 is 11.6 Å². The lowest BCUT2D eigenvalue weighted by Crippen LogP contribution is -2.36. The molecule has 1 aromatic carbocycles. The van der Waals surface area contributed by atoms with Crippen LogP contribution in [0.2, 0.25) is 5.02 Å². The molecule has 0 fully saturated rings. The van der Waals surface area contributed by atoms with E-state index in [2.05, 4.69) is 20.6 Å². The molecule has 1 aliphatic heterocycles. The van der Waals surface area contributed by atoms with Gasteiger partial charge in [-0.05, 0) is 30.2 Å². The second-order valence-electron chi connectivity index (χ2n) is 6.42. The summed E-state index contributed by atoms with van der Waals surface area (Å²) in [7, 11) is 0. The summed E-state index contributed by atoms with van der Waals surface area (Å²) in [6, 6.07) is 7.23. The van der Waals surface area contributed by atoms with Gasteiger partial charge in [0.1, 0.15) is 25.4 Å². The highest BCUT2D eigenvalue weighted by Crippen LogP contribution is 2.38. The van der Waals surface area contributed by atoms with E-state index in [0.29, 0.717) is 49.2 Å². The van der Waals surface area contributed by atoms with E-state index in [1.807, 2.05) is 30.5 Å². The molecule has 29 heavy (non-hydrogen) atoms. The molecule has 1 aliphatic rings. The van der Waals surface area contributed by atoms with Gasteiger partial charge in [-0.15, -0.1) is 0 Å². The lowest BCUT2D eigenvalue weighted by molar-refractivity contribution is 0.171. The number of nitrogens with one attached hydrogen (secondary N) is 2. The van der Waals surface area contributed by atoms with E-state index in [1.54, 1.807) is 23.3 Å². The Labute approximate surface area is 172 Å². The molecular weight excluding hydrogens is 394 g/mol. The number of benzene rings is 1. The van der Waals surface area contributed by atoms with Gasteiger partial charge in [0.05, 0.1) is 5.02 Å². The quantitative estimate of drug-likeness (QED) is 0.648. The third kappa shape index (κ3) is 4.60. The van der Waals surface area contributed by atoms with Gasteiger partial charge in [0.25, 0.3) is 0 Å². The molecule has 0 radical (unpaired) electrons. The van der Waals surface area contributed by atoms with Crippen molar-refractivity contribution in [3.8, 4) is 17.3 Å². The first-order valence-corrected chi connectivity index (χ1v) is 9.60. The zero-order valence-electron chi connectivity index (χ0n) is 15.6. The number of hydrogen-bond acceptors (Lipinski definition) is 5. The number of urea groups is 1. The highest BCUT2D eigenvalue weighted by molar-refractivity contribution is 6.32. The van der Waals surface area contributed by atoms with Gasteiger partial charge in [-0.1, -0.05) is 17.7 Å². The molecule has 0 atom stereocenters. The van der Waals surface area contributed by atoms with Crippen molar-refractivity contribution in [2.75, 3.05) is 19.8 Å². The number of aromatic nitrogens is 3. The Hall–Kier alpha value is -3.26. The molecule has 0 unspecified atom stereocenters. The first-order valence-electron chi connectivity index (χ1n) is 9.22. The molecule has 0 spiro atoms. The topological polar surface area (TPSA) is 90.3 Å². The van der Waals surface area contributed by atoms with Crippen LogP contribution in [0.3, 0.4) is 0 Å². The number of imidazole rings is 1. The number of rotatable bonds is 6. The van der Waals surface area contributed by atoms with Crippen LogP contribution in [0.5, 0.6) is 11.5 Å². The molecule has 4 rings (SSSR count). The van der Waals surface area contributed by atoms with Crippen LogP contribution in [-0.4, -0.2) is 40.3 Å². The number of pyridine rings is 1. The summed E-state index contributed by atoms with van der Waals surface area (Å²) in [5, 5.41) is 6.22. The minimum Gasteiger partial charge on any atom is -0.486 e. The predicted octanol–water partition coefficient (Wildman–Crippen LogP) is 2.73. The van der Waals surface area contributed by atoms with E-state index < -0.39 is 0 Å². The van der Waals surface area contributed by atoms with Gasteiger partial charge >= 0.3 is 6.03 Å². The van der Waals surface area contributed by atoms with Crippen molar-refractivity contribution in [2.24, 2.45) is 0 Å². The highest BCUT2D eigenvalue weighted by atomic mass is 35.5. The molecule has 0 aliphatic carbocycles. The van der Waals surface area contributed by atoms with Crippen LogP contribution in [0, 0.1) is 0 Å². The molecule has 9 heteroatoms. The number of nitrogens with zero attached hydrogens (tertiary/aromatic N) is 3. The highest BCUT2D eigenvalue weighted by Gasteiger charge is 2.16. The van der Waals surface area contributed by atoms with E-state index in [0.717, 1.165) is 16.9 Å². The van der Waals surface area contributed by atoms with Crippen LogP contribution < -0.4 is 20.1 Å². The van der Waals surface area contributed by atoms with Gasteiger partial charge in [-0.2, -0.15) is 0 Å². The maximum Gasteiger partial charge on any atom is 0.315 e. The van der Waals surface area contributed by atoms with Crippen LogP contribution in [0.1, 0.15) is 11.1 Å². The van der Waals surface area contributed by atoms with Crippen LogP contribution in [0.4, 0.5) is 4.79 Å². The second-order valence-corrected chi connectivity index (χ2v) is 6.82. The van der Waals surface area contributed by atoms with Crippen LogP contribution in [0.15, 0.2) is 49.2 Å². The summed E-state index contributed by atoms with van der Waals surface area (Å²) in [5.74, 6) is 1.96. The minimum absolute atomic E-state index is 0.255. The molecule has 2 amide bonds. The fourth-order valence-electron chi connectivity index (χ4n) is 3.05. The van der Waals surface area contributed by atoms with Gasteiger partial charge in [-0.25, -0.2) is 14.8 Å². The minimum atomic E-state index is -0.255. The normalized spacial score (nSPS) is 12.4. The summed E-state index contributed by atoms with van der Waals surface area (Å²) in [5.41, 5.74) is 1.86. The number of carbonyl (C=O) groups excluding carboxylic acids is 1. The zero-order chi connectivity index (χ0) is 20.1. The van der Waals surface area contributed by atoms with Crippen molar-refractivity contribution >= 4 is 17.6 Å². The lowest BCUT2D eigenvalue weighted by Gasteiger charge is -2.20. The Balaban J connectivity index is 1.29. The molecule has 2 N–H and O–H groups in total. The molecule has 0 bridgehead atoms. The van der Waals surface area contributed by atoms with E-state index in [4.69, 9.17) is 21.1 Å². The van der Waals surface area contributed by atoms with Crippen molar-refractivity contribution in [1.82, 2.24) is 25.2 Å². The molecule has 3 aromatic rings. The van der Waals surface area contributed by atoms with Crippen LogP contribution in [0.25, 0.3) is 5.82 Å². The lowest BCUT2D eigenvalue weighted by atomic mass is 10.1. The van der Waals surface area contributed by atoms with E-state index in [-0.39, 0.29) is 6.03 Å². The molecule has 0 saturated carbocycles. The number of fused-ring (bicyclic) bond motifs is 1. The smallest absolute Gasteiger partial charge is 0.315 e. The van der Waals surface area contributed by atoms with E-state index >= 15 is 0 Å². The molecule has 0 saturated heterocycles. The maximum absolute atomic E-state index is 12.2. The fraction of sp³-hybridized carbons (Fsp3) is 0.250. The Morgan fingerprint density at radius 1 is 1.21 bits per heavy atom. The third-order valence-corrected chi connectivity index (χ3v) is 4.69. The summed E-state index contributed by atoms with van der Waals surface area (Å²) in [4.78, 5) is 20.6. The van der Waals surface area contributed by atoms with Gasteiger partial charge in [0.15, 0.2) is 11.5 Å². The van der Waals surface area contributed by atoms with Crippen molar-refractivity contribution in [1.29, 1.82) is 0 Å². The van der Waals surface area contributed by atoms with Gasteiger partial charge < -0.3 is 20.1 Å². The Morgan fingerprint density at radius 3 is 2.97 bits per heavy atom. The first kappa shape index (κ1) is 19.1. The van der Waals surface area contributed by atoms with Crippen molar-refractivity contribution < 1.29 is 14.3 Å². The van der Waals surface area contributed by atoms with Crippen molar-refractivity contribution in [3.63, 3.8) is 0 Å². The molecule has 150 valence electrons. The number of halogens is 1. The Kier molecular flexibility index (Phi) is 5.81. The largest absolute Gasteiger partial charge is 0.486 e. The summed E-state index contributed by atoms with van der Waals surface area (Å²) in [6.45, 7) is 1.81. The monoisotopic (exact) mass is 413 g/mol. The van der Waals surface area contributed by atoms with E-state index in [9.17, 15) is 4.79 Å². The van der Waals surface area contributed by atoms with Gasteiger partial charge in [0, 0.05) is 37.2 Å². The summed E-state index contributed by atoms with van der Waals surface area (Å²) in [6.07, 6.45) is 7.49. The second kappa shape index (κ2) is 8.83. The third-order valence-electron chi connectivity index (χ3n) is 4.41. The SMILES string of the molecule is O=C(NCCc1cc(Cl)c2c(c1)OCCO2)NCc1cccnc1-n1ccnc1. The standard InChI is InChI=1S/C20H20ClN5O3/c21-16-10-14(11-17-18(16)29-9-8-28-17)3-5-24-20(27)25-12-15-2-1-4-23-19(15)26-7-6-22-13-26/h1-2,4,6-7,10-11,13H,3,5,8-9,12H2,(H2,24,25,27). The Morgan fingerprint density at radius 2 is 2.10 bits per heavy atom. The Bertz CT molecular complexity index is 994. The number of carbonyl (C=O) groups is 1. The zero-order valence-corrected chi connectivity index (χ0v) is 16.4. The fourth-order valence-corrected chi connectivity index (χ4v) is 3.34. The molecule has 2 aromatic heterocycles. The number of amides is 2. The number of ether oxygens (including phenoxy) is 2. The molecule has 8 nitrogen and oxygen atoms in total. The summed E-state index contributed by atoms with van der Waals surface area (Å²) >= 11 is 6.25. The van der Waals surface area contributed by atoms with Gasteiger partial charge in [-0.3, -0.25) is 4.57 Å². The molecular formula is C20H20ClN5O3. The van der Waals surface area contributed by atoms with E-state index in [1.165, 1.54) is 0 Å². The van der Waals surface area contributed by atoms with Crippen molar-refractivity contribution in [3.05, 3.63) is 65.3 Å². The molecule has 3 heterocycles. The van der Waals surface area contributed by atoms with Crippen LogP contribution in [-0.2, 0) is 13.0 Å². The first-order chi connectivity index (χ1) is 14.2. The van der Waals surface area contributed by atoms with Gasteiger partial charge in [0.2, 0.25) is 0 Å². The maximum atomic E-state index is 12.2. The number of hydrogen-bond donors (Lipinski definition) is 2. The summed E-state index contributed by atoms with van der Waals surface area (Å²) < 4.78 is 12.9. The van der Waals surface area contributed by atoms with Crippen molar-refractivity contribution in [2.45, 2.75) is 13.0 Å².